The summed E-state index contributed by atoms with van der Waals surface area (Å²) in [7, 11) is 3.45. The molecule has 2 rings (SSSR count). The van der Waals surface area contributed by atoms with Crippen molar-refractivity contribution >= 4 is 5.91 Å². The van der Waals surface area contributed by atoms with E-state index < -0.39 is 0 Å². The molecule has 5 nitrogen and oxygen atoms in total. The Morgan fingerprint density at radius 1 is 1.32 bits per heavy atom. The predicted octanol–water partition coefficient (Wildman–Crippen LogP) is 1.33. The van der Waals surface area contributed by atoms with E-state index in [9.17, 15) is 4.79 Å². The van der Waals surface area contributed by atoms with E-state index in [4.69, 9.17) is 15.2 Å². The zero-order valence-electron chi connectivity index (χ0n) is 11.4. The average molecular weight is 264 g/mol. The van der Waals surface area contributed by atoms with Crippen molar-refractivity contribution < 1.29 is 14.3 Å². The van der Waals surface area contributed by atoms with Crippen LogP contribution in [0.3, 0.4) is 0 Å². The fourth-order valence-corrected chi connectivity index (χ4v) is 1.90. The zero-order chi connectivity index (χ0) is 13.8. The fraction of sp³-hybridized carbons (Fsp3) is 0.500. The molecule has 0 radical (unpaired) electrons. The van der Waals surface area contributed by atoms with Gasteiger partial charge in [0.2, 0.25) is 5.91 Å². The van der Waals surface area contributed by atoms with Gasteiger partial charge in [-0.25, -0.2) is 0 Å². The van der Waals surface area contributed by atoms with Crippen molar-refractivity contribution in [3.8, 4) is 11.5 Å². The summed E-state index contributed by atoms with van der Waals surface area (Å²) >= 11 is 0. The normalized spacial score (nSPS) is 15.5. The second-order valence-electron chi connectivity index (χ2n) is 4.86. The number of fused-ring (bicyclic) bond motifs is 1. The number of ether oxygens (including phenoxy) is 2. The summed E-state index contributed by atoms with van der Waals surface area (Å²) in [5, 5.41) is 0. The van der Waals surface area contributed by atoms with Gasteiger partial charge in [-0.05, 0) is 17.7 Å². The number of carbonyl (C=O) groups is 1. The number of carbonyl (C=O) groups excluding carboxylic acids is 1. The van der Waals surface area contributed by atoms with Crippen molar-refractivity contribution in [2.45, 2.75) is 18.9 Å². The number of amides is 1. The lowest BCUT2D eigenvalue weighted by atomic mass is 10.0. The Bertz CT molecular complexity index is 460. The molecular formula is C14H20N2O3. The highest BCUT2D eigenvalue weighted by molar-refractivity contribution is 5.76. The molecule has 0 fully saturated rings. The molecule has 1 aliphatic heterocycles. The molecule has 0 saturated carbocycles. The molecule has 2 N–H and O–H groups in total. The van der Waals surface area contributed by atoms with Crippen molar-refractivity contribution in [3.63, 3.8) is 0 Å². The Hall–Kier alpha value is -1.75. The maximum absolute atomic E-state index is 11.7. The van der Waals surface area contributed by atoms with Crippen molar-refractivity contribution in [2.24, 2.45) is 5.73 Å². The molecule has 5 heteroatoms. The van der Waals surface area contributed by atoms with Crippen LogP contribution in [0.1, 0.15) is 24.4 Å². The van der Waals surface area contributed by atoms with Crippen LogP contribution in [-0.4, -0.2) is 38.1 Å². The molecule has 0 bridgehead atoms. The van der Waals surface area contributed by atoms with Gasteiger partial charge in [-0.1, -0.05) is 6.07 Å². The summed E-state index contributed by atoms with van der Waals surface area (Å²) in [4.78, 5) is 13.2. The lowest BCUT2D eigenvalue weighted by Gasteiger charge is -2.17. The van der Waals surface area contributed by atoms with Gasteiger partial charge in [-0.2, -0.15) is 0 Å². The smallest absolute Gasteiger partial charge is 0.223 e. The van der Waals surface area contributed by atoms with E-state index in [-0.39, 0.29) is 18.4 Å². The lowest BCUT2D eigenvalue weighted by Crippen LogP contribution is -2.26. The van der Waals surface area contributed by atoms with E-state index in [0.29, 0.717) is 19.0 Å². The summed E-state index contributed by atoms with van der Waals surface area (Å²) in [5.41, 5.74) is 6.95. The third-order valence-corrected chi connectivity index (χ3v) is 3.09. The van der Waals surface area contributed by atoms with Crippen LogP contribution in [0.5, 0.6) is 11.5 Å². The molecule has 1 atom stereocenters. The Balaban J connectivity index is 2.12. The Labute approximate surface area is 113 Å². The van der Waals surface area contributed by atoms with Crippen LogP contribution >= 0.6 is 0 Å². The van der Waals surface area contributed by atoms with Crippen LogP contribution in [0.4, 0.5) is 0 Å². The standard InChI is InChI=1S/C14H20N2O3/c1-16(2)14(17)9-11(15)10-4-5-12-13(8-10)19-7-3-6-18-12/h4-5,8,11H,3,6-7,9,15H2,1-2H3. The zero-order valence-corrected chi connectivity index (χ0v) is 11.4. The van der Waals surface area contributed by atoms with Crippen molar-refractivity contribution in [1.29, 1.82) is 0 Å². The maximum Gasteiger partial charge on any atom is 0.223 e. The minimum atomic E-state index is -0.327. The van der Waals surface area contributed by atoms with Gasteiger partial charge in [0.25, 0.3) is 0 Å². The van der Waals surface area contributed by atoms with Crippen LogP contribution in [0, 0.1) is 0 Å². The monoisotopic (exact) mass is 264 g/mol. The first-order chi connectivity index (χ1) is 9.08. The summed E-state index contributed by atoms with van der Waals surface area (Å²) in [5.74, 6) is 1.47. The largest absolute Gasteiger partial charge is 0.490 e. The van der Waals surface area contributed by atoms with Crippen LogP contribution < -0.4 is 15.2 Å². The van der Waals surface area contributed by atoms with Gasteiger partial charge in [0, 0.05) is 33.0 Å². The molecule has 1 unspecified atom stereocenters. The highest BCUT2D eigenvalue weighted by atomic mass is 16.5. The quantitative estimate of drug-likeness (QED) is 0.894. The summed E-state index contributed by atoms with van der Waals surface area (Å²) in [6, 6.07) is 5.29. The Morgan fingerprint density at radius 2 is 2.00 bits per heavy atom. The average Bonchev–Trinajstić information content (AvgIpc) is 2.62. The number of hydrogen-bond acceptors (Lipinski definition) is 4. The van der Waals surface area contributed by atoms with Gasteiger partial charge in [0.15, 0.2) is 11.5 Å². The van der Waals surface area contributed by atoms with E-state index in [1.54, 1.807) is 19.0 Å². The van der Waals surface area contributed by atoms with Crippen molar-refractivity contribution in [2.75, 3.05) is 27.3 Å². The molecule has 0 saturated heterocycles. The molecule has 1 heterocycles. The molecule has 1 aromatic rings. The minimum Gasteiger partial charge on any atom is -0.490 e. The molecule has 0 aliphatic carbocycles. The lowest BCUT2D eigenvalue weighted by molar-refractivity contribution is -0.129. The topological polar surface area (TPSA) is 64.8 Å². The molecule has 19 heavy (non-hydrogen) atoms. The molecule has 104 valence electrons. The second kappa shape index (κ2) is 5.93. The minimum absolute atomic E-state index is 0.0135. The molecule has 0 aromatic heterocycles. The number of benzene rings is 1. The van der Waals surface area contributed by atoms with Gasteiger partial charge < -0.3 is 20.1 Å². The molecule has 1 aromatic carbocycles. The number of nitrogens with two attached hydrogens (primary N) is 1. The molecular weight excluding hydrogens is 244 g/mol. The first kappa shape index (κ1) is 13.7. The predicted molar refractivity (Wildman–Crippen MR) is 72.3 cm³/mol. The molecule has 1 aliphatic rings. The maximum atomic E-state index is 11.7. The van der Waals surface area contributed by atoms with Crippen LogP contribution in [0.25, 0.3) is 0 Å². The van der Waals surface area contributed by atoms with Gasteiger partial charge in [-0.15, -0.1) is 0 Å². The number of nitrogens with zero attached hydrogens (tertiary/aromatic N) is 1. The Kier molecular flexibility index (Phi) is 4.27. The van der Waals surface area contributed by atoms with E-state index in [0.717, 1.165) is 17.7 Å². The SMILES string of the molecule is CN(C)C(=O)CC(N)c1ccc2c(c1)OCCCO2. The van der Waals surface area contributed by atoms with E-state index >= 15 is 0 Å². The van der Waals surface area contributed by atoms with Gasteiger partial charge in [0.05, 0.1) is 13.2 Å². The molecule has 0 spiro atoms. The second-order valence-corrected chi connectivity index (χ2v) is 4.86. The third kappa shape index (κ3) is 3.38. The summed E-state index contributed by atoms with van der Waals surface area (Å²) in [6.07, 6.45) is 1.15. The van der Waals surface area contributed by atoms with Crippen LogP contribution in [-0.2, 0) is 4.79 Å². The van der Waals surface area contributed by atoms with Crippen LogP contribution in [0.2, 0.25) is 0 Å². The van der Waals surface area contributed by atoms with Gasteiger partial charge in [-0.3, -0.25) is 4.79 Å². The molecule has 1 amide bonds. The summed E-state index contributed by atoms with van der Waals surface area (Å²) in [6.45, 7) is 1.31. The van der Waals surface area contributed by atoms with Gasteiger partial charge >= 0.3 is 0 Å². The third-order valence-electron chi connectivity index (χ3n) is 3.09. The first-order valence-electron chi connectivity index (χ1n) is 6.43. The highest BCUT2D eigenvalue weighted by Gasteiger charge is 2.16. The summed E-state index contributed by atoms with van der Waals surface area (Å²) < 4.78 is 11.2. The van der Waals surface area contributed by atoms with Crippen molar-refractivity contribution in [1.82, 2.24) is 4.90 Å². The van der Waals surface area contributed by atoms with Gasteiger partial charge in [0.1, 0.15) is 0 Å². The van der Waals surface area contributed by atoms with Crippen LogP contribution in [0.15, 0.2) is 18.2 Å². The van der Waals surface area contributed by atoms with E-state index in [1.807, 2.05) is 18.2 Å². The highest BCUT2D eigenvalue weighted by Crippen LogP contribution is 2.32. The van der Waals surface area contributed by atoms with E-state index in [1.165, 1.54) is 0 Å². The number of rotatable bonds is 3. The van der Waals surface area contributed by atoms with Crippen molar-refractivity contribution in [3.05, 3.63) is 23.8 Å². The Morgan fingerprint density at radius 3 is 2.68 bits per heavy atom. The number of hydrogen-bond donors (Lipinski definition) is 1. The van der Waals surface area contributed by atoms with E-state index in [2.05, 4.69) is 0 Å². The first-order valence-corrected chi connectivity index (χ1v) is 6.43. The fourth-order valence-electron chi connectivity index (χ4n) is 1.90.